The summed E-state index contributed by atoms with van der Waals surface area (Å²) in [7, 11) is -1.58. The van der Waals surface area contributed by atoms with Crippen LogP contribution < -0.4 is 9.99 Å². The van der Waals surface area contributed by atoms with E-state index in [1.165, 1.54) is 88.3 Å². The van der Waals surface area contributed by atoms with Gasteiger partial charge in [0.1, 0.15) is 11.2 Å². The van der Waals surface area contributed by atoms with Crippen molar-refractivity contribution in [3.8, 4) is 0 Å². The van der Waals surface area contributed by atoms with Crippen LogP contribution in [0.3, 0.4) is 0 Å². The minimum atomic E-state index is -1.58. The number of fused-ring (bicyclic) bond motifs is 7. The summed E-state index contributed by atoms with van der Waals surface area (Å²) < 4.78 is 16.7. The minimum absolute atomic E-state index is 0.0655. The predicted octanol–water partition coefficient (Wildman–Crippen LogP) is 17.0. The van der Waals surface area contributed by atoms with Crippen LogP contribution in [0, 0.1) is 55.4 Å². The van der Waals surface area contributed by atoms with Crippen LogP contribution in [0.1, 0.15) is 107 Å². The van der Waals surface area contributed by atoms with Gasteiger partial charge in [-0.05, 0) is 139 Å². The lowest BCUT2D eigenvalue weighted by Gasteiger charge is -2.33. The summed E-state index contributed by atoms with van der Waals surface area (Å²) in [6, 6.07) is 53.9. The molecule has 0 aliphatic heterocycles. The number of hydrogen-bond acceptors (Lipinski definition) is 4. The van der Waals surface area contributed by atoms with Crippen LogP contribution in [0.15, 0.2) is 154 Å². The van der Waals surface area contributed by atoms with E-state index in [1.807, 2.05) is 0 Å². The molecule has 1 aromatic heterocycles. The van der Waals surface area contributed by atoms with E-state index in [2.05, 4.69) is 239 Å². The van der Waals surface area contributed by atoms with Gasteiger partial charge in [-0.25, -0.2) is 0 Å². The van der Waals surface area contributed by atoms with Crippen LogP contribution in [0.4, 0.5) is 0 Å². The molecule has 0 amide bonds. The number of nitrogens with zero attached hydrogens (tertiary/aromatic N) is 1. The van der Waals surface area contributed by atoms with Crippen molar-refractivity contribution in [3.63, 3.8) is 0 Å². The normalized spacial score (nSPS) is 11.8. The third kappa shape index (κ3) is 10.2. The lowest BCUT2D eigenvalue weighted by Crippen LogP contribution is -2.33. The number of aryl methyl sites for hydroxylation is 8. The molecule has 0 radical (unpaired) electrons. The molecule has 332 valence electrons. The van der Waals surface area contributed by atoms with Gasteiger partial charge in [0.05, 0.1) is 12.1 Å². The van der Waals surface area contributed by atoms with Gasteiger partial charge in [0.25, 0.3) is 0 Å². The minimum Gasteiger partial charge on any atom is -0.408 e. The zero-order valence-electron chi connectivity index (χ0n) is 40.4. The molecule has 0 saturated heterocycles. The number of benzene rings is 8. The molecule has 0 bridgehead atoms. The maximum absolute atomic E-state index is 7.13. The molecule has 0 spiro atoms. The van der Waals surface area contributed by atoms with Crippen LogP contribution in [0.2, 0.25) is 0 Å². The Morgan fingerprint density at radius 1 is 0.415 bits per heavy atom. The van der Waals surface area contributed by atoms with Gasteiger partial charge in [0, 0.05) is 22.9 Å². The largest absolute Gasteiger partial charge is 0.408 e. The molecule has 0 aliphatic rings. The maximum atomic E-state index is 7.13. The average Bonchev–Trinajstić information content (AvgIpc) is 3.40. The van der Waals surface area contributed by atoms with Crippen molar-refractivity contribution in [2.75, 3.05) is 4.67 Å². The van der Waals surface area contributed by atoms with Crippen molar-refractivity contribution in [3.05, 3.63) is 212 Å². The SMILES string of the molecule is Cc1cc(C)cc(C(NC(C)C)c2cc(C)cc(C)c2)c1.Cc1cc(C)cc(C(c2cc(C)cc(C)c2)N(C(C)C)p2oc3ccc4ccccc4c3c3c(ccc4ccccc43)o2)c1. The van der Waals surface area contributed by atoms with E-state index >= 15 is 0 Å². The van der Waals surface area contributed by atoms with Gasteiger partial charge < -0.3 is 13.7 Å². The molecular formula is C60H65N2O2P. The third-order valence-electron chi connectivity index (χ3n) is 12.1. The van der Waals surface area contributed by atoms with Crippen molar-refractivity contribution in [2.24, 2.45) is 0 Å². The smallest absolute Gasteiger partial charge is 0.310 e. The molecule has 65 heavy (non-hydrogen) atoms. The summed E-state index contributed by atoms with van der Waals surface area (Å²) in [6.45, 7) is 26.3. The Hall–Kier alpha value is -5.90. The van der Waals surface area contributed by atoms with Crippen molar-refractivity contribution in [1.82, 2.24) is 5.32 Å². The molecule has 0 saturated carbocycles. The molecule has 1 N–H and O–H groups in total. The van der Waals surface area contributed by atoms with Crippen LogP contribution in [0.25, 0.3) is 43.5 Å². The van der Waals surface area contributed by atoms with Crippen LogP contribution in [-0.2, 0) is 0 Å². The highest BCUT2D eigenvalue weighted by atomic mass is 31.1. The Morgan fingerprint density at radius 3 is 1.09 bits per heavy atom. The Morgan fingerprint density at radius 2 is 0.754 bits per heavy atom. The second-order valence-electron chi connectivity index (χ2n) is 19.1. The molecule has 1 heterocycles. The topological polar surface area (TPSA) is 41.5 Å². The van der Waals surface area contributed by atoms with Gasteiger partial charge >= 0.3 is 8.16 Å². The molecule has 0 atom stereocenters. The van der Waals surface area contributed by atoms with Gasteiger partial charge in [-0.2, -0.15) is 4.67 Å². The zero-order valence-corrected chi connectivity index (χ0v) is 41.3. The van der Waals surface area contributed by atoms with Crippen LogP contribution in [-0.4, -0.2) is 12.1 Å². The standard InChI is InChI=1S/C40H38NO2P.C20H27N/c1-25(2)41(40(32-21-26(3)19-27(4)22-32)33-23-28(5)20-29(6)24-33)44-42-36-17-15-30-11-7-9-13-34(30)38(36)39-35-14-10-8-12-31(35)16-18-37(39)43-44;1-13(2)21-20(18-9-14(3)7-15(4)10-18)19-11-16(5)8-17(6)12-19/h7-25,40H,1-6H3;7-13,20-21H,1-6H3. The molecule has 9 rings (SSSR count). The number of nitrogens with one attached hydrogen (secondary N) is 1. The van der Waals surface area contributed by atoms with E-state index in [0.29, 0.717) is 6.04 Å². The summed E-state index contributed by atoms with van der Waals surface area (Å²) in [5.74, 6) is 0. The van der Waals surface area contributed by atoms with E-state index in [9.17, 15) is 0 Å². The molecule has 4 nitrogen and oxygen atoms in total. The third-order valence-corrected chi connectivity index (χ3v) is 13.9. The first kappa shape index (κ1) is 45.7. The number of hydrogen-bond donors (Lipinski definition) is 1. The number of rotatable bonds is 9. The fourth-order valence-electron chi connectivity index (χ4n) is 9.94. The van der Waals surface area contributed by atoms with E-state index in [1.54, 1.807) is 0 Å². The Bertz CT molecular complexity index is 2930. The van der Waals surface area contributed by atoms with E-state index in [0.717, 1.165) is 21.9 Å². The molecule has 9 aromatic rings. The summed E-state index contributed by atoms with van der Waals surface area (Å²) in [5.41, 5.74) is 17.2. The van der Waals surface area contributed by atoms with Gasteiger partial charge in [-0.1, -0.05) is 178 Å². The summed E-state index contributed by atoms with van der Waals surface area (Å²) in [4.78, 5) is 0. The summed E-state index contributed by atoms with van der Waals surface area (Å²) in [5, 5.41) is 10.6. The van der Waals surface area contributed by atoms with Gasteiger partial charge in [0.15, 0.2) is 0 Å². The summed E-state index contributed by atoms with van der Waals surface area (Å²) in [6.07, 6.45) is 0. The average molecular weight is 877 g/mol. The molecule has 0 aliphatic carbocycles. The lowest BCUT2D eigenvalue weighted by atomic mass is 9.93. The highest BCUT2D eigenvalue weighted by Crippen LogP contribution is 2.47. The fourth-order valence-corrected chi connectivity index (χ4v) is 11.6. The van der Waals surface area contributed by atoms with E-state index in [4.69, 9.17) is 8.39 Å². The maximum Gasteiger partial charge on any atom is 0.310 e. The van der Waals surface area contributed by atoms with Crippen molar-refractivity contribution in [2.45, 2.75) is 107 Å². The van der Waals surface area contributed by atoms with E-state index in [-0.39, 0.29) is 18.1 Å². The molecule has 0 fully saturated rings. The second-order valence-corrected chi connectivity index (χ2v) is 20.4. The van der Waals surface area contributed by atoms with Gasteiger partial charge in [0.2, 0.25) is 0 Å². The quantitative estimate of drug-likeness (QED) is 0.157. The fraction of sp³-hybridized carbons (Fsp3) is 0.267. The van der Waals surface area contributed by atoms with Crippen LogP contribution >= 0.6 is 8.16 Å². The van der Waals surface area contributed by atoms with Crippen molar-refractivity contribution < 1.29 is 8.39 Å². The predicted molar refractivity (Wildman–Crippen MR) is 280 cm³/mol. The first-order valence-corrected chi connectivity index (χ1v) is 24.3. The molecule has 5 heteroatoms. The van der Waals surface area contributed by atoms with Crippen LogP contribution in [0.5, 0.6) is 0 Å². The van der Waals surface area contributed by atoms with E-state index < -0.39 is 8.16 Å². The Labute approximate surface area is 387 Å². The Balaban J connectivity index is 0.000000230. The zero-order chi connectivity index (χ0) is 46.1. The van der Waals surface area contributed by atoms with Crippen molar-refractivity contribution >= 4 is 51.6 Å². The second kappa shape index (κ2) is 19.3. The van der Waals surface area contributed by atoms with Crippen molar-refractivity contribution in [1.29, 1.82) is 0 Å². The molecule has 8 aromatic carbocycles. The lowest BCUT2D eigenvalue weighted by molar-refractivity contribution is 0.528. The monoisotopic (exact) mass is 876 g/mol. The Kier molecular flexibility index (Phi) is 13.5. The molecule has 0 unspecified atom stereocenters. The highest BCUT2D eigenvalue weighted by molar-refractivity contribution is 7.39. The summed E-state index contributed by atoms with van der Waals surface area (Å²) >= 11 is 0. The van der Waals surface area contributed by atoms with Gasteiger partial charge in [-0.3, -0.25) is 0 Å². The first-order chi connectivity index (χ1) is 31.1. The molecular weight excluding hydrogens is 812 g/mol. The van der Waals surface area contributed by atoms with Gasteiger partial charge in [-0.15, -0.1) is 0 Å². The highest BCUT2D eigenvalue weighted by Gasteiger charge is 2.31. The first-order valence-electron chi connectivity index (χ1n) is 23.2.